The van der Waals surface area contributed by atoms with E-state index in [1.807, 2.05) is 6.07 Å². The molecular formula is C18H14O5. The van der Waals surface area contributed by atoms with Crippen LogP contribution in [0.3, 0.4) is 0 Å². The third-order valence-electron chi connectivity index (χ3n) is 3.64. The zero-order valence-electron chi connectivity index (χ0n) is 12.4. The second-order valence-corrected chi connectivity index (χ2v) is 5.02. The molecule has 0 saturated carbocycles. The van der Waals surface area contributed by atoms with Crippen molar-refractivity contribution >= 4 is 17.5 Å². The van der Waals surface area contributed by atoms with Gasteiger partial charge in [0.2, 0.25) is 0 Å². The summed E-state index contributed by atoms with van der Waals surface area (Å²) >= 11 is 0. The summed E-state index contributed by atoms with van der Waals surface area (Å²) in [6.45, 7) is 0. The first-order valence-corrected chi connectivity index (χ1v) is 6.99. The SMILES string of the molecule is COc1ccc(/C(O)=C2\C(=O)C(=O)OC2c2ccccc2)cc1. The minimum Gasteiger partial charge on any atom is -0.507 e. The molecule has 0 bridgehead atoms. The van der Waals surface area contributed by atoms with Gasteiger partial charge >= 0.3 is 5.97 Å². The van der Waals surface area contributed by atoms with E-state index in [-0.39, 0.29) is 11.3 Å². The number of carbonyl (C=O) groups is 2. The van der Waals surface area contributed by atoms with Crippen LogP contribution in [0.5, 0.6) is 5.75 Å². The number of rotatable bonds is 3. The summed E-state index contributed by atoms with van der Waals surface area (Å²) in [6, 6.07) is 15.4. The highest BCUT2D eigenvalue weighted by atomic mass is 16.6. The van der Waals surface area contributed by atoms with Gasteiger partial charge in [-0.1, -0.05) is 30.3 Å². The van der Waals surface area contributed by atoms with E-state index in [2.05, 4.69) is 0 Å². The maximum atomic E-state index is 12.1. The fourth-order valence-corrected chi connectivity index (χ4v) is 2.45. The molecular weight excluding hydrogens is 296 g/mol. The Morgan fingerprint density at radius 2 is 1.70 bits per heavy atom. The summed E-state index contributed by atoms with van der Waals surface area (Å²) < 4.78 is 10.2. The Morgan fingerprint density at radius 3 is 2.30 bits per heavy atom. The van der Waals surface area contributed by atoms with Gasteiger partial charge in [0.1, 0.15) is 11.5 Å². The molecule has 1 heterocycles. The number of methoxy groups -OCH3 is 1. The first-order valence-electron chi connectivity index (χ1n) is 6.99. The quantitative estimate of drug-likeness (QED) is 0.408. The molecule has 2 aromatic rings. The molecule has 3 rings (SSSR count). The summed E-state index contributed by atoms with van der Waals surface area (Å²) in [5.74, 6) is -1.44. The predicted octanol–water partition coefficient (Wildman–Crippen LogP) is 2.83. The van der Waals surface area contributed by atoms with E-state index in [0.29, 0.717) is 16.9 Å². The van der Waals surface area contributed by atoms with Gasteiger partial charge in [0.25, 0.3) is 5.78 Å². The molecule has 1 fully saturated rings. The van der Waals surface area contributed by atoms with E-state index in [9.17, 15) is 14.7 Å². The minimum absolute atomic E-state index is 0.0497. The molecule has 23 heavy (non-hydrogen) atoms. The average molecular weight is 310 g/mol. The van der Waals surface area contributed by atoms with Gasteiger partial charge < -0.3 is 14.6 Å². The number of carbonyl (C=O) groups excluding carboxylic acids is 2. The van der Waals surface area contributed by atoms with Crippen molar-refractivity contribution in [3.8, 4) is 5.75 Å². The molecule has 0 radical (unpaired) electrons. The molecule has 2 aromatic carbocycles. The molecule has 0 aliphatic carbocycles. The van der Waals surface area contributed by atoms with Crippen LogP contribution in [0.15, 0.2) is 60.2 Å². The lowest BCUT2D eigenvalue weighted by Crippen LogP contribution is -2.08. The Morgan fingerprint density at radius 1 is 1.04 bits per heavy atom. The summed E-state index contributed by atoms with van der Waals surface area (Å²) in [6.07, 6.45) is -0.904. The highest BCUT2D eigenvalue weighted by Gasteiger charge is 2.42. The molecule has 0 aromatic heterocycles. The number of ether oxygens (including phenoxy) is 2. The third-order valence-corrected chi connectivity index (χ3v) is 3.64. The zero-order valence-corrected chi connectivity index (χ0v) is 12.4. The fraction of sp³-hybridized carbons (Fsp3) is 0.111. The number of cyclic esters (lactones) is 1. The van der Waals surface area contributed by atoms with Crippen LogP contribution in [-0.4, -0.2) is 24.0 Å². The summed E-state index contributed by atoms with van der Waals surface area (Å²) in [4.78, 5) is 23.8. The van der Waals surface area contributed by atoms with Crippen LogP contribution in [0.25, 0.3) is 5.76 Å². The van der Waals surface area contributed by atoms with E-state index in [4.69, 9.17) is 9.47 Å². The molecule has 0 amide bonds. The van der Waals surface area contributed by atoms with E-state index >= 15 is 0 Å². The number of Topliss-reactive ketones (excluding diaryl/α,β-unsaturated/α-hetero) is 1. The zero-order chi connectivity index (χ0) is 16.4. The normalized spacial score (nSPS) is 19.4. The van der Waals surface area contributed by atoms with Crippen molar-refractivity contribution < 1.29 is 24.2 Å². The van der Waals surface area contributed by atoms with Gasteiger partial charge in [0.15, 0.2) is 6.10 Å². The van der Waals surface area contributed by atoms with Gasteiger partial charge in [-0.3, -0.25) is 4.79 Å². The average Bonchev–Trinajstić information content (AvgIpc) is 2.90. The molecule has 5 heteroatoms. The second kappa shape index (κ2) is 5.96. The van der Waals surface area contributed by atoms with Gasteiger partial charge in [-0.05, 0) is 29.8 Å². The molecule has 1 aliphatic rings. The topological polar surface area (TPSA) is 72.8 Å². The first kappa shape index (κ1) is 14.8. The number of aliphatic hydroxyl groups is 1. The molecule has 1 aliphatic heterocycles. The number of benzene rings is 2. The Kier molecular flexibility index (Phi) is 3.85. The maximum absolute atomic E-state index is 12.1. The van der Waals surface area contributed by atoms with Crippen molar-refractivity contribution in [2.75, 3.05) is 7.11 Å². The van der Waals surface area contributed by atoms with Gasteiger partial charge in [-0.15, -0.1) is 0 Å². The van der Waals surface area contributed by atoms with Crippen molar-refractivity contribution in [2.45, 2.75) is 6.10 Å². The maximum Gasteiger partial charge on any atom is 0.380 e. The van der Waals surface area contributed by atoms with Crippen LogP contribution in [0.4, 0.5) is 0 Å². The lowest BCUT2D eigenvalue weighted by atomic mass is 9.97. The van der Waals surface area contributed by atoms with Crippen LogP contribution in [0.2, 0.25) is 0 Å². The van der Waals surface area contributed by atoms with E-state index in [1.165, 1.54) is 7.11 Å². The molecule has 1 saturated heterocycles. The van der Waals surface area contributed by atoms with Crippen LogP contribution in [0.1, 0.15) is 17.2 Å². The first-order chi connectivity index (χ1) is 11.1. The smallest absolute Gasteiger partial charge is 0.380 e. The van der Waals surface area contributed by atoms with Crippen LogP contribution in [0, 0.1) is 0 Å². The summed E-state index contributed by atoms with van der Waals surface area (Å²) in [5.41, 5.74) is 0.988. The summed E-state index contributed by atoms with van der Waals surface area (Å²) in [5, 5.41) is 10.5. The standard InChI is InChI=1S/C18H14O5/c1-22-13-9-7-11(8-10-13)15(19)14-16(20)18(21)23-17(14)12-5-3-2-4-6-12/h2-10,17,19H,1H3/b15-14-. The number of hydrogen-bond acceptors (Lipinski definition) is 5. The number of aliphatic hydroxyl groups excluding tert-OH is 1. The van der Waals surface area contributed by atoms with Crippen molar-refractivity contribution in [2.24, 2.45) is 0 Å². The third kappa shape index (κ3) is 2.68. The predicted molar refractivity (Wildman–Crippen MR) is 82.8 cm³/mol. The van der Waals surface area contributed by atoms with E-state index in [1.54, 1.807) is 48.5 Å². The fourth-order valence-electron chi connectivity index (χ4n) is 2.45. The lowest BCUT2D eigenvalue weighted by molar-refractivity contribution is -0.149. The van der Waals surface area contributed by atoms with Gasteiger partial charge in [0, 0.05) is 5.56 Å². The van der Waals surface area contributed by atoms with E-state index in [0.717, 1.165) is 0 Å². The minimum atomic E-state index is -0.964. The number of hydrogen-bond donors (Lipinski definition) is 1. The van der Waals surface area contributed by atoms with Gasteiger partial charge in [-0.25, -0.2) is 4.79 Å². The van der Waals surface area contributed by atoms with Gasteiger partial charge in [0.05, 0.1) is 12.7 Å². The monoisotopic (exact) mass is 310 g/mol. The highest BCUT2D eigenvalue weighted by Crippen LogP contribution is 2.36. The lowest BCUT2D eigenvalue weighted by Gasteiger charge is -2.12. The van der Waals surface area contributed by atoms with Crippen molar-refractivity contribution in [1.82, 2.24) is 0 Å². The number of esters is 1. The summed E-state index contributed by atoms with van der Waals surface area (Å²) in [7, 11) is 1.53. The van der Waals surface area contributed by atoms with Crippen LogP contribution < -0.4 is 4.74 Å². The van der Waals surface area contributed by atoms with Crippen molar-refractivity contribution in [3.05, 3.63) is 71.3 Å². The molecule has 5 nitrogen and oxygen atoms in total. The van der Waals surface area contributed by atoms with Crippen molar-refractivity contribution in [1.29, 1.82) is 0 Å². The molecule has 0 spiro atoms. The van der Waals surface area contributed by atoms with Crippen LogP contribution in [-0.2, 0) is 14.3 Å². The molecule has 1 atom stereocenters. The highest BCUT2D eigenvalue weighted by molar-refractivity contribution is 6.44. The second-order valence-electron chi connectivity index (χ2n) is 5.02. The Bertz CT molecular complexity index is 775. The Hall–Kier alpha value is -3.08. The van der Waals surface area contributed by atoms with Crippen molar-refractivity contribution in [3.63, 3.8) is 0 Å². The van der Waals surface area contributed by atoms with Gasteiger partial charge in [-0.2, -0.15) is 0 Å². The Labute approximate surface area is 132 Å². The molecule has 116 valence electrons. The largest absolute Gasteiger partial charge is 0.507 e. The molecule has 1 N–H and O–H groups in total. The van der Waals surface area contributed by atoms with E-state index < -0.39 is 17.9 Å². The molecule has 1 unspecified atom stereocenters. The Balaban J connectivity index is 2.08. The van der Waals surface area contributed by atoms with Crippen LogP contribution >= 0.6 is 0 Å². The number of ketones is 1.